The van der Waals surface area contributed by atoms with Crippen LogP contribution in [0.2, 0.25) is 0 Å². The summed E-state index contributed by atoms with van der Waals surface area (Å²) in [7, 11) is 0. The second-order valence-corrected chi connectivity index (χ2v) is 4.43. The van der Waals surface area contributed by atoms with Gasteiger partial charge in [0.05, 0.1) is 0 Å². The van der Waals surface area contributed by atoms with Gasteiger partial charge in [0.2, 0.25) is 0 Å². The SMILES string of the molecule is CCN(CC)CCOc1ccc(OC(C)=O)cc1C(=O)O.Cl. The zero-order chi connectivity index (χ0) is 15.8. The molecule has 1 aromatic rings. The van der Waals surface area contributed by atoms with E-state index in [1.54, 1.807) is 0 Å². The molecule has 1 aromatic carbocycles. The lowest BCUT2D eigenvalue weighted by molar-refractivity contribution is -0.131. The second-order valence-electron chi connectivity index (χ2n) is 4.43. The number of likely N-dealkylation sites (N-methyl/N-ethyl adjacent to an activating group) is 1. The molecular weight excluding hydrogens is 310 g/mol. The number of esters is 1. The Hall–Kier alpha value is -1.79. The zero-order valence-electron chi connectivity index (χ0n) is 13.0. The molecule has 0 radical (unpaired) electrons. The molecule has 0 atom stereocenters. The Morgan fingerprint density at radius 1 is 1.23 bits per heavy atom. The fourth-order valence-electron chi connectivity index (χ4n) is 1.86. The van der Waals surface area contributed by atoms with E-state index in [2.05, 4.69) is 18.7 Å². The van der Waals surface area contributed by atoms with Crippen LogP contribution in [0.15, 0.2) is 18.2 Å². The fraction of sp³-hybridized carbons (Fsp3) is 0.467. The highest BCUT2D eigenvalue weighted by Gasteiger charge is 2.14. The number of aromatic carboxylic acids is 1. The monoisotopic (exact) mass is 331 g/mol. The van der Waals surface area contributed by atoms with E-state index in [1.807, 2.05) is 0 Å². The number of carbonyl (C=O) groups excluding carboxylic acids is 1. The van der Waals surface area contributed by atoms with E-state index in [4.69, 9.17) is 9.47 Å². The van der Waals surface area contributed by atoms with Crippen LogP contribution in [0.4, 0.5) is 0 Å². The van der Waals surface area contributed by atoms with Gasteiger partial charge in [-0.15, -0.1) is 12.4 Å². The van der Waals surface area contributed by atoms with Crippen LogP contribution in [0.25, 0.3) is 0 Å². The largest absolute Gasteiger partial charge is 0.491 e. The summed E-state index contributed by atoms with van der Waals surface area (Å²) in [4.78, 5) is 24.3. The minimum atomic E-state index is -1.12. The van der Waals surface area contributed by atoms with Crippen LogP contribution in [-0.4, -0.2) is 48.2 Å². The summed E-state index contributed by atoms with van der Waals surface area (Å²) in [6.45, 7) is 8.32. The van der Waals surface area contributed by atoms with Gasteiger partial charge in [-0.3, -0.25) is 4.79 Å². The Morgan fingerprint density at radius 3 is 2.36 bits per heavy atom. The molecule has 0 spiro atoms. The molecule has 0 saturated carbocycles. The van der Waals surface area contributed by atoms with Crippen molar-refractivity contribution < 1.29 is 24.2 Å². The minimum Gasteiger partial charge on any atom is -0.491 e. The highest BCUT2D eigenvalue weighted by atomic mass is 35.5. The van der Waals surface area contributed by atoms with Gasteiger partial charge in [-0.05, 0) is 31.3 Å². The van der Waals surface area contributed by atoms with Crippen LogP contribution < -0.4 is 9.47 Å². The number of carboxylic acids is 1. The van der Waals surface area contributed by atoms with Crippen molar-refractivity contribution in [3.05, 3.63) is 23.8 Å². The fourth-order valence-corrected chi connectivity index (χ4v) is 1.86. The number of nitrogens with zero attached hydrogens (tertiary/aromatic N) is 1. The van der Waals surface area contributed by atoms with Gasteiger partial charge >= 0.3 is 11.9 Å². The van der Waals surface area contributed by atoms with Gasteiger partial charge in [0, 0.05) is 13.5 Å². The topological polar surface area (TPSA) is 76.1 Å². The first kappa shape index (κ1) is 20.2. The summed E-state index contributed by atoms with van der Waals surface area (Å²) in [5.74, 6) is -1.16. The molecule has 0 bridgehead atoms. The first-order valence-electron chi connectivity index (χ1n) is 6.88. The highest BCUT2D eigenvalue weighted by molar-refractivity contribution is 5.91. The van der Waals surface area contributed by atoms with E-state index < -0.39 is 11.9 Å². The molecule has 6 nitrogen and oxygen atoms in total. The molecule has 0 aromatic heterocycles. The number of halogens is 1. The Kier molecular flexibility index (Phi) is 9.21. The molecule has 0 fully saturated rings. The zero-order valence-corrected chi connectivity index (χ0v) is 13.8. The maximum Gasteiger partial charge on any atom is 0.339 e. The molecular formula is C15H22ClNO5. The Balaban J connectivity index is 0.00000441. The van der Waals surface area contributed by atoms with Crippen LogP contribution in [0.5, 0.6) is 11.5 Å². The molecule has 124 valence electrons. The molecule has 0 saturated heterocycles. The molecule has 0 aliphatic heterocycles. The van der Waals surface area contributed by atoms with Crippen LogP contribution in [0.1, 0.15) is 31.1 Å². The van der Waals surface area contributed by atoms with Gasteiger partial charge in [-0.2, -0.15) is 0 Å². The number of hydrogen-bond donors (Lipinski definition) is 1. The Labute approximate surface area is 136 Å². The number of carbonyl (C=O) groups is 2. The molecule has 0 amide bonds. The summed E-state index contributed by atoms with van der Waals surface area (Å²) >= 11 is 0. The van der Waals surface area contributed by atoms with Crippen molar-refractivity contribution in [2.24, 2.45) is 0 Å². The lowest BCUT2D eigenvalue weighted by Crippen LogP contribution is -2.28. The van der Waals surface area contributed by atoms with Gasteiger partial charge in [0.25, 0.3) is 0 Å². The minimum absolute atomic E-state index is 0. The van der Waals surface area contributed by atoms with Crippen molar-refractivity contribution in [3.63, 3.8) is 0 Å². The van der Waals surface area contributed by atoms with E-state index in [9.17, 15) is 14.7 Å². The van der Waals surface area contributed by atoms with Gasteiger partial charge in [0.15, 0.2) is 0 Å². The summed E-state index contributed by atoms with van der Waals surface area (Å²) in [6.07, 6.45) is 0. The highest BCUT2D eigenvalue weighted by Crippen LogP contribution is 2.24. The van der Waals surface area contributed by atoms with Crippen LogP contribution >= 0.6 is 12.4 Å². The number of hydrogen-bond acceptors (Lipinski definition) is 5. The van der Waals surface area contributed by atoms with Crippen molar-refractivity contribution in [1.82, 2.24) is 4.90 Å². The molecule has 0 aliphatic carbocycles. The first-order chi connectivity index (χ1) is 9.97. The van der Waals surface area contributed by atoms with Gasteiger partial charge < -0.3 is 19.5 Å². The van der Waals surface area contributed by atoms with Crippen LogP contribution in [0, 0.1) is 0 Å². The van der Waals surface area contributed by atoms with Crippen molar-refractivity contribution in [2.75, 3.05) is 26.2 Å². The van der Waals surface area contributed by atoms with Gasteiger partial charge in [-0.25, -0.2) is 4.79 Å². The first-order valence-corrected chi connectivity index (χ1v) is 6.88. The van der Waals surface area contributed by atoms with Crippen LogP contribution in [-0.2, 0) is 4.79 Å². The average molecular weight is 332 g/mol. The predicted octanol–water partition coefficient (Wildman–Crippen LogP) is 2.45. The third kappa shape index (κ3) is 6.32. The van der Waals surface area contributed by atoms with E-state index in [1.165, 1.54) is 25.1 Å². The number of rotatable bonds is 8. The summed E-state index contributed by atoms with van der Waals surface area (Å²) in [5.41, 5.74) is -0.0201. The quantitative estimate of drug-likeness (QED) is 0.582. The van der Waals surface area contributed by atoms with E-state index in [-0.39, 0.29) is 29.5 Å². The van der Waals surface area contributed by atoms with Crippen molar-refractivity contribution >= 4 is 24.3 Å². The van der Waals surface area contributed by atoms with Crippen molar-refractivity contribution in [2.45, 2.75) is 20.8 Å². The molecule has 7 heteroatoms. The third-order valence-corrected chi connectivity index (χ3v) is 3.00. The maximum absolute atomic E-state index is 11.2. The number of carboxylic acid groups (broad SMARTS) is 1. The number of ether oxygens (including phenoxy) is 2. The van der Waals surface area contributed by atoms with Crippen molar-refractivity contribution in [1.29, 1.82) is 0 Å². The lowest BCUT2D eigenvalue weighted by atomic mass is 10.2. The van der Waals surface area contributed by atoms with Gasteiger partial charge in [-0.1, -0.05) is 13.8 Å². The van der Waals surface area contributed by atoms with E-state index in [0.29, 0.717) is 6.61 Å². The third-order valence-electron chi connectivity index (χ3n) is 3.00. The smallest absolute Gasteiger partial charge is 0.339 e. The second kappa shape index (κ2) is 10.0. The average Bonchev–Trinajstić information content (AvgIpc) is 2.44. The molecule has 1 N–H and O–H groups in total. The summed E-state index contributed by atoms with van der Waals surface area (Å²) in [5, 5.41) is 9.19. The molecule has 22 heavy (non-hydrogen) atoms. The van der Waals surface area contributed by atoms with Gasteiger partial charge in [0.1, 0.15) is 23.7 Å². The number of benzene rings is 1. The van der Waals surface area contributed by atoms with E-state index >= 15 is 0 Å². The summed E-state index contributed by atoms with van der Waals surface area (Å²) in [6, 6.07) is 4.31. The normalized spacial score (nSPS) is 10.0. The standard InChI is InChI=1S/C15H21NO5.ClH/c1-4-16(5-2)8-9-20-14-7-6-12(21-11(3)17)10-13(14)15(18)19;/h6-7,10H,4-5,8-9H2,1-3H3,(H,18,19);1H. The lowest BCUT2D eigenvalue weighted by Gasteiger charge is -2.18. The Morgan fingerprint density at radius 2 is 1.86 bits per heavy atom. The molecule has 0 heterocycles. The molecule has 0 unspecified atom stereocenters. The summed E-state index contributed by atoms with van der Waals surface area (Å²) < 4.78 is 10.4. The Bertz CT molecular complexity index is 503. The van der Waals surface area contributed by atoms with E-state index in [0.717, 1.165) is 19.6 Å². The van der Waals surface area contributed by atoms with Crippen molar-refractivity contribution in [3.8, 4) is 11.5 Å². The van der Waals surface area contributed by atoms with Crippen LogP contribution in [0.3, 0.4) is 0 Å². The molecule has 1 rings (SSSR count). The maximum atomic E-state index is 11.2. The predicted molar refractivity (Wildman–Crippen MR) is 85.2 cm³/mol. The molecule has 0 aliphatic rings.